The SMILES string of the molecule is Cc1cc(C(=O)Nc2cc(Cl)ccc2OCC(F)(F)F)c(C)s1. The van der Waals surface area contributed by atoms with E-state index in [1.54, 1.807) is 13.0 Å². The van der Waals surface area contributed by atoms with Gasteiger partial charge in [-0.1, -0.05) is 11.6 Å². The molecule has 3 nitrogen and oxygen atoms in total. The monoisotopic (exact) mass is 363 g/mol. The second-order valence-corrected chi connectivity index (χ2v) is 6.72. The van der Waals surface area contributed by atoms with Crippen LogP contribution in [0.3, 0.4) is 0 Å². The Bertz CT molecular complexity index is 728. The number of hydrogen-bond donors (Lipinski definition) is 1. The van der Waals surface area contributed by atoms with Crippen LogP contribution < -0.4 is 10.1 Å². The minimum absolute atomic E-state index is 0.0926. The first kappa shape index (κ1) is 17.6. The molecule has 0 aliphatic carbocycles. The van der Waals surface area contributed by atoms with Gasteiger partial charge in [0.05, 0.1) is 11.3 Å². The van der Waals surface area contributed by atoms with Gasteiger partial charge in [0.1, 0.15) is 5.75 Å². The Labute approximate surface area is 140 Å². The van der Waals surface area contributed by atoms with Crippen molar-refractivity contribution in [3.63, 3.8) is 0 Å². The molecule has 1 aromatic carbocycles. The van der Waals surface area contributed by atoms with Crippen molar-refractivity contribution in [3.05, 3.63) is 44.6 Å². The molecular weight excluding hydrogens is 351 g/mol. The summed E-state index contributed by atoms with van der Waals surface area (Å²) in [4.78, 5) is 14.1. The van der Waals surface area contributed by atoms with Crippen LogP contribution in [0.25, 0.3) is 0 Å². The van der Waals surface area contributed by atoms with Crippen LogP contribution in [0.5, 0.6) is 5.75 Å². The third kappa shape index (κ3) is 4.87. The number of ether oxygens (including phenoxy) is 1. The Hall–Kier alpha value is -1.73. The van der Waals surface area contributed by atoms with Gasteiger partial charge in [0.2, 0.25) is 0 Å². The van der Waals surface area contributed by atoms with E-state index in [0.29, 0.717) is 5.56 Å². The number of thiophene rings is 1. The summed E-state index contributed by atoms with van der Waals surface area (Å²) >= 11 is 7.31. The highest BCUT2D eigenvalue weighted by Gasteiger charge is 2.29. The van der Waals surface area contributed by atoms with Crippen molar-refractivity contribution in [2.75, 3.05) is 11.9 Å². The minimum atomic E-state index is -4.47. The van der Waals surface area contributed by atoms with Crippen LogP contribution in [0, 0.1) is 13.8 Å². The van der Waals surface area contributed by atoms with Crippen molar-refractivity contribution in [2.45, 2.75) is 20.0 Å². The van der Waals surface area contributed by atoms with Gasteiger partial charge in [-0.15, -0.1) is 11.3 Å². The summed E-state index contributed by atoms with van der Waals surface area (Å²) in [5.41, 5.74) is 0.559. The average Bonchev–Trinajstić information content (AvgIpc) is 2.76. The van der Waals surface area contributed by atoms with E-state index in [0.717, 1.165) is 9.75 Å². The lowest BCUT2D eigenvalue weighted by Crippen LogP contribution is -2.20. The number of benzene rings is 1. The van der Waals surface area contributed by atoms with Crippen molar-refractivity contribution < 1.29 is 22.7 Å². The van der Waals surface area contributed by atoms with Crippen molar-refractivity contribution in [3.8, 4) is 5.75 Å². The summed E-state index contributed by atoms with van der Waals surface area (Å²) in [6.45, 7) is 2.21. The number of halogens is 4. The molecular formula is C15H13ClF3NO2S. The summed E-state index contributed by atoms with van der Waals surface area (Å²) in [6, 6.07) is 5.74. The van der Waals surface area contributed by atoms with Crippen LogP contribution in [-0.4, -0.2) is 18.7 Å². The molecule has 0 bridgehead atoms. The van der Waals surface area contributed by atoms with E-state index in [4.69, 9.17) is 16.3 Å². The average molecular weight is 364 g/mol. The molecule has 1 heterocycles. The maximum atomic E-state index is 12.3. The molecule has 0 fully saturated rings. The van der Waals surface area contributed by atoms with E-state index in [9.17, 15) is 18.0 Å². The Morgan fingerprint density at radius 1 is 1.30 bits per heavy atom. The molecule has 0 spiro atoms. The zero-order valence-corrected chi connectivity index (χ0v) is 13.8. The standard InChI is InChI=1S/C15H13ClF3NO2S/c1-8-5-11(9(2)23-8)14(21)20-12-6-10(16)3-4-13(12)22-7-15(17,18)19/h3-6H,7H2,1-2H3,(H,20,21). The van der Waals surface area contributed by atoms with E-state index < -0.39 is 18.7 Å². The Kier molecular flexibility index (Phi) is 5.21. The summed E-state index contributed by atoms with van der Waals surface area (Å²) in [5.74, 6) is -0.518. The van der Waals surface area contributed by atoms with Gasteiger partial charge in [-0.25, -0.2) is 0 Å². The maximum absolute atomic E-state index is 12.3. The fourth-order valence-corrected chi connectivity index (χ4v) is 3.02. The van der Waals surface area contributed by atoms with Crippen LogP contribution in [0.15, 0.2) is 24.3 Å². The molecule has 1 amide bonds. The van der Waals surface area contributed by atoms with Crippen LogP contribution in [-0.2, 0) is 0 Å². The highest BCUT2D eigenvalue weighted by Crippen LogP contribution is 2.31. The van der Waals surface area contributed by atoms with Gasteiger partial charge in [-0.3, -0.25) is 4.79 Å². The molecule has 2 aromatic rings. The van der Waals surface area contributed by atoms with Crippen LogP contribution in [0.1, 0.15) is 20.1 Å². The molecule has 1 aromatic heterocycles. The van der Waals surface area contributed by atoms with E-state index in [1.165, 1.54) is 29.5 Å². The molecule has 124 valence electrons. The quantitative estimate of drug-likeness (QED) is 0.809. The summed E-state index contributed by atoms with van der Waals surface area (Å²) < 4.78 is 41.6. The molecule has 0 saturated carbocycles. The molecule has 0 saturated heterocycles. The van der Waals surface area contributed by atoms with E-state index in [1.807, 2.05) is 6.92 Å². The summed E-state index contributed by atoms with van der Waals surface area (Å²) in [6.07, 6.45) is -4.47. The minimum Gasteiger partial charge on any atom is -0.482 e. The largest absolute Gasteiger partial charge is 0.482 e. The zero-order valence-electron chi connectivity index (χ0n) is 12.3. The number of hydrogen-bond acceptors (Lipinski definition) is 3. The predicted octanol–water partition coefficient (Wildman–Crippen LogP) is 5.21. The van der Waals surface area contributed by atoms with Gasteiger partial charge in [0.25, 0.3) is 5.91 Å². The fraction of sp³-hybridized carbons (Fsp3) is 0.267. The van der Waals surface area contributed by atoms with Gasteiger partial charge >= 0.3 is 6.18 Å². The third-order valence-electron chi connectivity index (χ3n) is 2.87. The molecule has 2 rings (SSSR count). The lowest BCUT2D eigenvalue weighted by Gasteiger charge is -2.14. The lowest BCUT2D eigenvalue weighted by atomic mass is 10.2. The smallest absolute Gasteiger partial charge is 0.422 e. The van der Waals surface area contributed by atoms with Gasteiger partial charge in [-0.2, -0.15) is 13.2 Å². The molecule has 8 heteroatoms. The van der Waals surface area contributed by atoms with Crippen molar-refractivity contribution in [2.24, 2.45) is 0 Å². The Morgan fingerprint density at radius 2 is 2.00 bits per heavy atom. The first-order valence-electron chi connectivity index (χ1n) is 6.53. The van der Waals surface area contributed by atoms with Crippen LogP contribution in [0.4, 0.5) is 18.9 Å². The molecule has 0 unspecified atom stereocenters. The van der Waals surface area contributed by atoms with Gasteiger partial charge in [0.15, 0.2) is 6.61 Å². The second-order valence-electron chi connectivity index (χ2n) is 4.83. The highest BCUT2D eigenvalue weighted by molar-refractivity contribution is 7.12. The van der Waals surface area contributed by atoms with E-state index in [-0.39, 0.29) is 16.5 Å². The predicted molar refractivity (Wildman–Crippen MR) is 84.7 cm³/mol. The number of carbonyl (C=O) groups excluding carboxylic acids is 1. The first-order chi connectivity index (χ1) is 10.7. The second kappa shape index (κ2) is 6.80. The molecule has 0 atom stereocenters. The van der Waals surface area contributed by atoms with Crippen LogP contribution in [0.2, 0.25) is 5.02 Å². The molecule has 23 heavy (non-hydrogen) atoms. The van der Waals surface area contributed by atoms with Crippen molar-refractivity contribution >= 4 is 34.5 Å². The number of anilines is 1. The third-order valence-corrected chi connectivity index (χ3v) is 4.07. The van der Waals surface area contributed by atoms with E-state index >= 15 is 0 Å². The van der Waals surface area contributed by atoms with Gasteiger partial charge < -0.3 is 10.1 Å². The normalized spacial score (nSPS) is 11.4. The molecule has 0 aliphatic rings. The Balaban J connectivity index is 2.22. The molecule has 1 N–H and O–H groups in total. The number of alkyl halides is 3. The number of carbonyl (C=O) groups is 1. The fourth-order valence-electron chi connectivity index (χ4n) is 1.93. The Morgan fingerprint density at radius 3 is 2.57 bits per heavy atom. The topological polar surface area (TPSA) is 38.3 Å². The van der Waals surface area contributed by atoms with Crippen molar-refractivity contribution in [1.82, 2.24) is 0 Å². The summed E-state index contributed by atoms with van der Waals surface area (Å²) in [5, 5.41) is 2.82. The van der Waals surface area contributed by atoms with E-state index in [2.05, 4.69) is 5.32 Å². The van der Waals surface area contributed by atoms with Crippen molar-refractivity contribution in [1.29, 1.82) is 0 Å². The molecule has 0 radical (unpaired) electrons. The zero-order chi connectivity index (χ0) is 17.2. The molecule has 0 aliphatic heterocycles. The van der Waals surface area contributed by atoms with Gasteiger partial charge in [0, 0.05) is 14.8 Å². The van der Waals surface area contributed by atoms with Gasteiger partial charge in [-0.05, 0) is 38.1 Å². The maximum Gasteiger partial charge on any atom is 0.422 e. The number of nitrogens with one attached hydrogen (secondary N) is 1. The lowest BCUT2D eigenvalue weighted by molar-refractivity contribution is -0.153. The summed E-state index contributed by atoms with van der Waals surface area (Å²) in [7, 11) is 0. The number of amides is 1. The van der Waals surface area contributed by atoms with Crippen LogP contribution >= 0.6 is 22.9 Å². The highest BCUT2D eigenvalue weighted by atomic mass is 35.5. The number of aryl methyl sites for hydroxylation is 2. The first-order valence-corrected chi connectivity index (χ1v) is 7.72. The number of rotatable bonds is 4.